The molecule has 1 aliphatic rings. The summed E-state index contributed by atoms with van der Waals surface area (Å²) in [6.45, 7) is 19.7. The summed E-state index contributed by atoms with van der Waals surface area (Å²) in [4.78, 5) is 20.5. The number of carbonyl (C=O) groups is 1. The number of piperazine rings is 1. The van der Waals surface area contributed by atoms with Crippen LogP contribution in [0.1, 0.15) is 46.1 Å². The second kappa shape index (κ2) is 10.2. The zero-order valence-electron chi connectivity index (χ0n) is 22.1. The van der Waals surface area contributed by atoms with Crippen LogP contribution in [0.25, 0.3) is 10.9 Å². The van der Waals surface area contributed by atoms with E-state index in [0.29, 0.717) is 50.7 Å². The van der Waals surface area contributed by atoms with Gasteiger partial charge in [0.2, 0.25) is 0 Å². The Kier molecular flexibility index (Phi) is 7.97. The lowest BCUT2D eigenvalue weighted by Crippen LogP contribution is -2.50. The van der Waals surface area contributed by atoms with E-state index in [-0.39, 0.29) is 17.8 Å². The third-order valence-corrected chi connectivity index (χ3v) is 7.66. The fourth-order valence-electron chi connectivity index (χ4n) is 4.00. The molecule has 3 heterocycles. The van der Waals surface area contributed by atoms with Gasteiger partial charge in [-0.1, -0.05) is 33.5 Å². The van der Waals surface area contributed by atoms with Gasteiger partial charge in [-0.2, -0.15) is 0 Å². The Balaban J connectivity index is 1.77. The molecule has 34 heavy (non-hydrogen) atoms. The number of carbonyl (C=O) groups excluding carboxylic acids is 1. The van der Waals surface area contributed by atoms with Gasteiger partial charge in [-0.05, 0) is 38.3 Å². The van der Waals surface area contributed by atoms with E-state index in [1.165, 1.54) is 0 Å². The number of nitrogens with zero attached hydrogens (tertiary/aromatic N) is 4. The summed E-state index contributed by atoms with van der Waals surface area (Å²) in [5.74, 6) is 0.211. The van der Waals surface area contributed by atoms with E-state index in [1.54, 1.807) is 11.1 Å². The zero-order valence-corrected chi connectivity index (χ0v) is 23.1. The van der Waals surface area contributed by atoms with Crippen LogP contribution in [-0.2, 0) is 16.2 Å². The molecule has 0 radical (unpaired) electrons. The molecule has 0 bridgehead atoms. The molecule has 0 atom stereocenters. The molecular weight excluding hydrogens is 451 g/mol. The van der Waals surface area contributed by atoms with Gasteiger partial charge in [0.15, 0.2) is 11.6 Å². The normalized spacial score (nSPS) is 15.5. The Morgan fingerprint density at radius 3 is 2.38 bits per heavy atom. The Bertz CT molecular complexity index is 1000. The number of hydrogen-bond donors (Lipinski definition) is 0. The first-order chi connectivity index (χ1) is 15.8. The molecule has 0 N–H and O–H groups in total. The topological polar surface area (TPSA) is 59.8 Å². The van der Waals surface area contributed by atoms with Crippen molar-refractivity contribution in [1.82, 2.24) is 14.5 Å². The summed E-state index contributed by atoms with van der Waals surface area (Å²) in [7, 11) is -1.17. The van der Waals surface area contributed by atoms with Crippen LogP contribution in [0, 0.1) is 5.82 Å². The van der Waals surface area contributed by atoms with Gasteiger partial charge in [0.1, 0.15) is 12.3 Å². The van der Waals surface area contributed by atoms with Crippen molar-refractivity contribution in [1.29, 1.82) is 0 Å². The summed E-state index contributed by atoms with van der Waals surface area (Å²) in [6.07, 6.45) is 3.42. The van der Waals surface area contributed by atoms with Crippen LogP contribution in [0.15, 0.2) is 12.4 Å². The smallest absolute Gasteiger partial charge is 0.410 e. The van der Waals surface area contributed by atoms with Crippen molar-refractivity contribution in [3.05, 3.63) is 23.8 Å². The monoisotopic (exact) mass is 492 g/mol. The number of pyridine rings is 1. The molecule has 1 saturated heterocycles. The standard InChI is InChI=1S/C25H41FN4O3Si/c1-18(2)19-16-30(17-32-13-14-34(6,7)8)20-15-27-23(22(26)21(19)20)28-9-11-29(12-10-28)24(31)33-25(3,4)5/h15-16,18H,9-14,17H2,1-8H3. The van der Waals surface area contributed by atoms with Crippen LogP contribution in [0.3, 0.4) is 0 Å². The van der Waals surface area contributed by atoms with Crippen LogP contribution < -0.4 is 4.90 Å². The highest BCUT2D eigenvalue weighted by Gasteiger charge is 2.29. The number of hydrogen-bond acceptors (Lipinski definition) is 5. The van der Waals surface area contributed by atoms with E-state index >= 15 is 4.39 Å². The van der Waals surface area contributed by atoms with Crippen LogP contribution >= 0.6 is 0 Å². The first-order valence-electron chi connectivity index (χ1n) is 12.2. The van der Waals surface area contributed by atoms with Gasteiger partial charge in [-0.15, -0.1) is 0 Å². The van der Waals surface area contributed by atoms with Crippen molar-refractivity contribution in [2.45, 2.75) is 78.6 Å². The molecule has 0 spiro atoms. The minimum atomic E-state index is -1.17. The van der Waals surface area contributed by atoms with Crippen molar-refractivity contribution in [2.24, 2.45) is 0 Å². The van der Waals surface area contributed by atoms with Gasteiger partial charge in [0, 0.05) is 52.4 Å². The molecule has 1 amide bonds. The molecule has 0 aliphatic carbocycles. The molecule has 0 unspecified atom stereocenters. The molecule has 0 aromatic carbocycles. The maximum atomic E-state index is 15.9. The lowest BCUT2D eigenvalue weighted by atomic mass is 10.0. The Hall–Kier alpha value is -2.13. The number of aromatic nitrogens is 2. The summed E-state index contributed by atoms with van der Waals surface area (Å²) in [5.41, 5.74) is 1.17. The van der Waals surface area contributed by atoms with Crippen molar-refractivity contribution in [3.8, 4) is 0 Å². The van der Waals surface area contributed by atoms with E-state index in [1.807, 2.05) is 36.4 Å². The Labute approximate surface area is 204 Å². The SMILES string of the molecule is CC(C)c1cn(COCC[Si](C)(C)C)c2cnc(N3CCN(C(=O)OC(C)(C)C)CC3)c(F)c12. The van der Waals surface area contributed by atoms with Gasteiger partial charge in [-0.25, -0.2) is 14.2 Å². The molecule has 1 fully saturated rings. The Morgan fingerprint density at radius 2 is 1.82 bits per heavy atom. The highest BCUT2D eigenvalue weighted by atomic mass is 28.3. The lowest BCUT2D eigenvalue weighted by molar-refractivity contribution is 0.0240. The molecule has 2 aromatic rings. The van der Waals surface area contributed by atoms with Crippen LogP contribution in [0.2, 0.25) is 25.7 Å². The number of rotatable bonds is 7. The number of amides is 1. The van der Waals surface area contributed by atoms with Crippen LogP contribution in [-0.4, -0.2) is 67.0 Å². The van der Waals surface area contributed by atoms with E-state index in [9.17, 15) is 4.79 Å². The molecule has 2 aromatic heterocycles. The third kappa shape index (κ3) is 6.50. The average Bonchev–Trinajstić information content (AvgIpc) is 3.10. The zero-order chi connectivity index (χ0) is 25.3. The quantitative estimate of drug-likeness (QED) is 0.368. The van der Waals surface area contributed by atoms with Gasteiger partial charge < -0.3 is 23.8 Å². The van der Waals surface area contributed by atoms with Gasteiger partial charge in [0.05, 0.1) is 11.7 Å². The number of halogens is 1. The third-order valence-electron chi connectivity index (χ3n) is 5.95. The number of fused-ring (bicyclic) bond motifs is 1. The molecule has 9 heteroatoms. The first-order valence-corrected chi connectivity index (χ1v) is 16.0. The van der Waals surface area contributed by atoms with Gasteiger partial charge >= 0.3 is 6.09 Å². The molecule has 3 rings (SSSR count). The lowest BCUT2D eigenvalue weighted by Gasteiger charge is -2.36. The fourth-order valence-corrected chi connectivity index (χ4v) is 4.75. The summed E-state index contributed by atoms with van der Waals surface area (Å²) in [6, 6.07) is 1.09. The van der Waals surface area contributed by atoms with E-state index in [4.69, 9.17) is 9.47 Å². The molecular formula is C25H41FN4O3Si. The average molecular weight is 493 g/mol. The summed E-state index contributed by atoms with van der Waals surface area (Å²) < 4.78 is 29.2. The predicted molar refractivity (Wildman–Crippen MR) is 138 cm³/mol. The Morgan fingerprint density at radius 1 is 1.18 bits per heavy atom. The largest absolute Gasteiger partial charge is 0.444 e. The van der Waals surface area contributed by atoms with Gasteiger partial charge in [0.25, 0.3) is 0 Å². The molecule has 0 saturated carbocycles. The first kappa shape index (κ1) is 26.5. The van der Waals surface area contributed by atoms with E-state index in [0.717, 1.165) is 17.1 Å². The van der Waals surface area contributed by atoms with Crippen molar-refractivity contribution in [2.75, 3.05) is 37.7 Å². The number of anilines is 1. The van der Waals surface area contributed by atoms with Gasteiger partial charge in [-0.3, -0.25) is 0 Å². The minimum Gasteiger partial charge on any atom is -0.444 e. The summed E-state index contributed by atoms with van der Waals surface area (Å²) in [5, 5.41) is 0.614. The van der Waals surface area contributed by atoms with Crippen molar-refractivity contribution < 1.29 is 18.7 Å². The summed E-state index contributed by atoms with van der Waals surface area (Å²) >= 11 is 0. The maximum Gasteiger partial charge on any atom is 0.410 e. The molecule has 190 valence electrons. The molecule has 7 nitrogen and oxygen atoms in total. The fraction of sp³-hybridized carbons (Fsp3) is 0.680. The number of ether oxygens (including phenoxy) is 2. The van der Waals surface area contributed by atoms with Crippen LogP contribution in [0.5, 0.6) is 0 Å². The van der Waals surface area contributed by atoms with Crippen molar-refractivity contribution >= 4 is 30.9 Å². The second-order valence-corrected chi connectivity index (χ2v) is 17.3. The van der Waals surface area contributed by atoms with Crippen molar-refractivity contribution in [3.63, 3.8) is 0 Å². The highest BCUT2D eigenvalue weighted by Crippen LogP contribution is 2.33. The highest BCUT2D eigenvalue weighted by molar-refractivity contribution is 6.76. The van der Waals surface area contributed by atoms with E-state index < -0.39 is 13.7 Å². The second-order valence-electron chi connectivity index (χ2n) is 11.7. The van der Waals surface area contributed by atoms with E-state index in [2.05, 4.69) is 38.5 Å². The predicted octanol–water partition coefficient (Wildman–Crippen LogP) is 5.67. The molecule has 1 aliphatic heterocycles. The maximum absolute atomic E-state index is 15.9. The van der Waals surface area contributed by atoms with Crippen LogP contribution in [0.4, 0.5) is 15.0 Å². The minimum absolute atomic E-state index is 0.166.